The average Bonchev–Trinajstić information content (AvgIpc) is 1.80. The van der Waals surface area contributed by atoms with Gasteiger partial charge in [0.05, 0.1) is 11.2 Å². The summed E-state index contributed by atoms with van der Waals surface area (Å²) in [4.78, 5) is 0. The molecule has 1 aliphatic rings. The predicted octanol–water partition coefficient (Wildman–Crippen LogP) is 1.66. The average molecular weight is 190 g/mol. The van der Waals surface area contributed by atoms with Crippen molar-refractivity contribution in [3.8, 4) is 0 Å². The van der Waals surface area contributed by atoms with E-state index in [2.05, 4.69) is 21.2 Å². The number of aliphatic hydroxyl groups excluding tert-OH is 1. The maximum Gasteiger partial charge on any atom is 0.112 e. The summed E-state index contributed by atoms with van der Waals surface area (Å²) in [6.07, 6.45) is 1.74. The third kappa shape index (κ3) is 1.48. The minimum Gasteiger partial charge on any atom is -0.510 e. The Morgan fingerprint density at radius 1 is 1.78 bits per heavy atom. The van der Waals surface area contributed by atoms with Crippen LogP contribution in [0.1, 0.15) is 6.92 Å². The lowest BCUT2D eigenvalue weighted by Gasteiger charge is -2.11. The van der Waals surface area contributed by atoms with Gasteiger partial charge in [-0.05, 0) is 34.5 Å². The molecule has 0 bridgehead atoms. The van der Waals surface area contributed by atoms with Gasteiger partial charge in [-0.2, -0.15) is 0 Å². The van der Waals surface area contributed by atoms with Crippen LogP contribution in [0, 0.1) is 0 Å². The van der Waals surface area contributed by atoms with E-state index in [1.165, 1.54) is 0 Å². The highest BCUT2D eigenvalue weighted by molar-refractivity contribution is 9.11. The number of hydrogen-bond donors (Lipinski definition) is 2. The van der Waals surface area contributed by atoms with Gasteiger partial charge < -0.3 is 10.4 Å². The third-order valence-corrected chi connectivity index (χ3v) is 2.06. The van der Waals surface area contributed by atoms with Crippen LogP contribution in [0.3, 0.4) is 0 Å². The van der Waals surface area contributed by atoms with Gasteiger partial charge in [-0.15, -0.1) is 0 Å². The van der Waals surface area contributed by atoms with Crippen molar-refractivity contribution in [1.29, 1.82) is 0 Å². The molecule has 0 radical (unpaired) electrons. The molecule has 1 rings (SSSR count). The summed E-state index contributed by atoms with van der Waals surface area (Å²) in [6.45, 7) is 2.45. The number of allylic oxidation sites excluding steroid dienone is 2. The Morgan fingerprint density at radius 3 is 2.89 bits per heavy atom. The highest BCUT2D eigenvalue weighted by Gasteiger charge is 2.04. The summed E-state index contributed by atoms with van der Waals surface area (Å²) in [5.74, 6) is 0.385. The Balaban J connectivity index is 2.83. The van der Waals surface area contributed by atoms with Gasteiger partial charge in [0.15, 0.2) is 0 Å². The van der Waals surface area contributed by atoms with Crippen molar-refractivity contribution >= 4 is 15.9 Å². The first-order valence-electron chi connectivity index (χ1n) is 2.70. The molecular weight excluding hydrogens is 182 g/mol. The molecule has 0 aromatic carbocycles. The van der Waals surface area contributed by atoms with Crippen molar-refractivity contribution in [1.82, 2.24) is 5.32 Å². The molecule has 9 heavy (non-hydrogen) atoms. The highest BCUT2D eigenvalue weighted by atomic mass is 79.9. The first-order valence-corrected chi connectivity index (χ1v) is 3.49. The monoisotopic (exact) mass is 189 g/mol. The van der Waals surface area contributed by atoms with Crippen LogP contribution in [0.4, 0.5) is 0 Å². The highest BCUT2D eigenvalue weighted by Crippen LogP contribution is 2.14. The lowest BCUT2D eigenvalue weighted by molar-refractivity contribution is 0.392. The molecule has 0 aliphatic carbocycles. The van der Waals surface area contributed by atoms with Crippen molar-refractivity contribution in [3.05, 3.63) is 22.0 Å². The van der Waals surface area contributed by atoms with Gasteiger partial charge in [0.2, 0.25) is 0 Å². The summed E-state index contributed by atoms with van der Waals surface area (Å²) >= 11 is 3.29. The molecule has 0 atom stereocenters. The van der Waals surface area contributed by atoms with Crippen LogP contribution in [0.15, 0.2) is 22.0 Å². The SMILES string of the molecule is CC1=C(Br)NCC(O)=C1. The number of rotatable bonds is 0. The number of hydrogen-bond acceptors (Lipinski definition) is 2. The van der Waals surface area contributed by atoms with E-state index in [9.17, 15) is 0 Å². The van der Waals surface area contributed by atoms with E-state index in [0.29, 0.717) is 12.3 Å². The summed E-state index contributed by atoms with van der Waals surface area (Å²) in [5, 5.41) is 11.9. The normalized spacial score (nSPS) is 19.1. The Labute approximate surface area is 62.4 Å². The minimum atomic E-state index is 0.385. The van der Waals surface area contributed by atoms with Gasteiger partial charge in [-0.25, -0.2) is 0 Å². The summed E-state index contributed by atoms with van der Waals surface area (Å²) in [5.41, 5.74) is 1.03. The maximum absolute atomic E-state index is 8.94. The van der Waals surface area contributed by atoms with Crippen LogP contribution in [0.2, 0.25) is 0 Å². The Hall–Kier alpha value is -0.440. The molecule has 0 spiro atoms. The van der Waals surface area contributed by atoms with Gasteiger partial charge in [0.1, 0.15) is 5.76 Å². The fraction of sp³-hybridized carbons (Fsp3) is 0.333. The van der Waals surface area contributed by atoms with Crippen molar-refractivity contribution in [3.63, 3.8) is 0 Å². The van der Waals surface area contributed by atoms with Crippen molar-refractivity contribution in [2.45, 2.75) is 6.92 Å². The van der Waals surface area contributed by atoms with Crippen LogP contribution in [-0.4, -0.2) is 11.7 Å². The van der Waals surface area contributed by atoms with Crippen LogP contribution in [0.25, 0.3) is 0 Å². The Morgan fingerprint density at radius 2 is 2.44 bits per heavy atom. The van der Waals surface area contributed by atoms with E-state index in [1.807, 2.05) is 6.92 Å². The largest absolute Gasteiger partial charge is 0.510 e. The molecule has 2 N–H and O–H groups in total. The number of dihydropyridines is 1. The van der Waals surface area contributed by atoms with E-state index < -0.39 is 0 Å². The second-order valence-corrected chi connectivity index (χ2v) is 2.78. The summed E-state index contributed by atoms with van der Waals surface area (Å²) < 4.78 is 0.959. The Kier molecular flexibility index (Phi) is 1.81. The molecule has 0 aromatic heterocycles. The lowest BCUT2D eigenvalue weighted by Crippen LogP contribution is -2.17. The van der Waals surface area contributed by atoms with E-state index in [4.69, 9.17) is 5.11 Å². The molecule has 0 fully saturated rings. The third-order valence-electron chi connectivity index (χ3n) is 1.15. The smallest absolute Gasteiger partial charge is 0.112 e. The van der Waals surface area contributed by atoms with Gasteiger partial charge in [-0.1, -0.05) is 0 Å². The second kappa shape index (κ2) is 2.43. The fourth-order valence-corrected chi connectivity index (χ4v) is 0.927. The van der Waals surface area contributed by atoms with Crippen molar-refractivity contribution in [2.75, 3.05) is 6.54 Å². The molecule has 2 nitrogen and oxygen atoms in total. The summed E-state index contributed by atoms with van der Waals surface area (Å²) in [6, 6.07) is 0. The number of nitrogens with one attached hydrogen (secondary N) is 1. The molecule has 0 saturated carbocycles. The first kappa shape index (κ1) is 6.68. The fourth-order valence-electron chi connectivity index (χ4n) is 0.672. The molecule has 1 aliphatic heterocycles. The van der Waals surface area contributed by atoms with Crippen molar-refractivity contribution in [2.24, 2.45) is 0 Å². The topological polar surface area (TPSA) is 32.3 Å². The molecule has 1 heterocycles. The maximum atomic E-state index is 8.94. The minimum absolute atomic E-state index is 0.385. The van der Waals surface area contributed by atoms with E-state index in [1.54, 1.807) is 6.08 Å². The molecule has 0 aromatic rings. The van der Waals surface area contributed by atoms with Crippen molar-refractivity contribution < 1.29 is 5.11 Å². The van der Waals surface area contributed by atoms with Gasteiger partial charge in [-0.3, -0.25) is 0 Å². The molecule has 0 saturated heterocycles. The van der Waals surface area contributed by atoms with Crippen LogP contribution in [-0.2, 0) is 0 Å². The number of aliphatic hydroxyl groups is 1. The predicted molar refractivity (Wildman–Crippen MR) is 40.3 cm³/mol. The molecule has 50 valence electrons. The molecule has 0 amide bonds. The van der Waals surface area contributed by atoms with Crippen LogP contribution in [0.5, 0.6) is 0 Å². The number of halogens is 1. The van der Waals surface area contributed by atoms with E-state index in [-0.39, 0.29) is 0 Å². The molecule has 3 heteroatoms. The van der Waals surface area contributed by atoms with Crippen LogP contribution < -0.4 is 5.32 Å². The molecular formula is C6H8BrNO. The van der Waals surface area contributed by atoms with Gasteiger partial charge >= 0.3 is 0 Å². The standard InChI is InChI=1S/C6H8BrNO/c1-4-2-5(9)3-8-6(4)7/h2,8-9H,3H2,1H3. The zero-order chi connectivity index (χ0) is 6.85. The quantitative estimate of drug-likeness (QED) is 0.569. The molecule has 0 unspecified atom stereocenters. The van der Waals surface area contributed by atoms with E-state index in [0.717, 1.165) is 10.2 Å². The lowest BCUT2D eigenvalue weighted by atomic mass is 10.2. The Bertz CT molecular complexity index is 183. The van der Waals surface area contributed by atoms with Crippen LogP contribution >= 0.6 is 15.9 Å². The van der Waals surface area contributed by atoms with Gasteiger partial charge in [0.25, 0.3) is 0 Å². The second-order valence-electron chi connectivity index (χ2n) is 1.99. The van der Waals surface area contributed by atoms with Gasteiger partial charge in [0, 0.05) is 0 Å². The zero-order valence-electron chi connectivity index (χ0n) is 5.11. The van der Waals surface area contributed by atoms with E-state index >= 15 is 0 Å². The first-order chi connectivity index (χ1) is 4.20. The summed E-state index contributed by atoms with van der Waals surface area (Å²) in [7, 11) is 0. The zero-order valence-corrected chi connectivity index (χ0v) is 6.70.